The van der Waals surface area contributed by atoms with Crippen molar-refractivity contribution in [3.8, 4) is 11.5 Å². The van der Waals surface area contributed by atoms with Gasteiger partial charge in [-0.15, -0.1) is 0 Å². The monoisotopic (exact) mass is 434 g/mol. The molecule has 2 aromatic carbocycles. The number of carbonyl (C=O) groups is 2. The fourth-order valence-corrected chi connectivity index (χ4v) is 3.37. The van der Waals surface area contributed by atoms with Crippen LogP contribution < -0.4 is 9.47 Å². The highest BCUT2D eigenvalue weighted by Crippen LogP contribution is 2.33. The standard InChI is InChI=1S/C20H19ClN2O7/c1-28-17-7-12-5-6-22(10-13(12)8-18(17)29-2)19(24)11-30-20(25)15-9-14(23(26)27)3-4-16(15)21/h3-4,7-9H,5-6,10-11H2,1-2H3. The van der Waals surface area contributed by atoms with Crippen LogP contribution in [0, 0.1) is 10.1 Å². The van der Waals surface area contributed by atoms with Gasteiger partial charge in [0.15, 0.2) is 18.1 Å². The molecule has 1 heterocycles. The summed E-state index contributed by atoms with van der Waals surface area (Å²) in [5.74, 6) is -0.0951. The molecule has 9 nitrogen and oxygen atoms in total. The number of carbonyl (C=O) groups excluding carboxylic acids is 2. The van der Waals surface area contributed by atoms with Crippen molar-refractivity contribution in [3.63, 3.8) is 0 Å². The van der Waals surface area contributed by atoms with E-state index >= 15 is 0 Å². The summed E-state index contributed by atoms with van der Waals surface area (Å²) in [4.78, 5) is 36.6. The second-order valence-corrected chi connectivity index (χ2v) is 6.95. The molecule has 0 aromatic heterocycles. The smallest absolute Gasteiger partial charge is 0.340 e. The second-order valence-electron chi connectivity index (χ2n) is 6.54. The van der Waals surface area contributed by atoms with Crippen molar-refractivity contribution in [2.24, 2.45) is 0 Å². The first-order valence-corrected chi connectivity index (χ1v) is 9.34. The number of benzene rings is 2. The van der Waals surface area contributed by atoms with E-state index in [4.69, 9.17) is 25.8 Å². The molecule has 0 radical (unpaired) electrons. The number of rotatable bonds is 6. The number of halogens is 1. The van der Waals surface area contributed by atoms with Gasteiger partial charge in [0.2, 0.25) is 0 Å². The van der Waals surface area contributed by atoms with Gasteiger partial charge >= 0.3 is 5.97 Å². The van der Waals surface area contributed by atoms with Crippen molar-refractivity contribution in [1.29, 1.82) is 0 Å². The van der Waals surface area contributed by atoms with Crippen molar-refractivity contribution in [1.82, 2.24) is 4.90 Å². The summed E-state index contributed by atoms with van der Waals surface area (Å²) in [6, 6.07) is 7.15. The number of methoxy groups -OCH3 is 2. The minimum Gasteiger partial charge on any atom is -0.493 e. The maximum absolute atomic E-state index is 12.5. The quantitative estimate of drug-likeness (QED) is 0.390. The third kappa shape index (κ3) is 4.46. The van der Waals surface area contributed by atoms with Gasteiger partial charge in [-0.3, -0.25) is 14.9 Å². The molecular formula is C20H19ClN2O7. The molecule has 0 fully saturated rings. The van der Waals surface area contributed by atoms with Crippen LogP contribution >= 0.6 is 11.6 Å². The van der Waals surface area contributed by atoms with Crippen LogP contribution in [-0.2, 0) is 22.5 Å². The Morgan fingerprint density at radius 2 is 1.80 bits per heavy atom. The molecule has 1 aliphatic heterocycles. The first-order chi connectivity index (χ1) is 14.3. The van der Waals surface area contributed by atoms with Crippen molar-refractivity contribution in [2.75, 3.05) is 27.4 Å². The van der Waals surface area contributed by atoms with E-state index in [1.807, 2.05) is 12.1 Å². The number of hydrogen-bond acceptors (Lipinski definition) is 7. The first kappa shape index (κ1) is 21.4. The number of amides is 1. The van der Waals surface area contributed by atoms with Crippen LogP contribution in [0.1, 0.15) is 21.5 Å². The maximum Gasteiger partial charge on any atom is 0.340 e. The molecule has 0 unspecified atom stereocenters. The molecular weight excluding hydrogens is 416 g/mol. The van der Waals surface area contributed by atoms with E-state index in [2.05, 4.69) is 0 Å². The van der Waals surface area contributed by atoms with E-state index in [-0.39, 0.29) is 22.2 Å². The number of esters is 1. The Balaban J connectivity index is 1.66. The van der Waals surface area contributed by atoms with E-state index in [1.165, 1.54) is 19.2 Å². The Morgan fingerprint density at radius 1 is 1.13 bits per heavy atom. The minimum absolute atomic E-state index is 0.00555. The number of nitrogens with zero attached hydrogens (tertiary/aromatic N) is 2. The lowest BCUT2D eigenvalue weighted by Gasteiger charge is -2.29. The van der Waals surface area contributed by atoms with Gasteiger partial charge in [0.25, 0.3) is 11.6 Å². The molecule has 1 amide bonds. The lowest BCUT2D eigenvalue weighted by atomic mass is 9.99. The normalized spacial score (nSPS) is 12.7. The Hall–Kier alpha value is -3.33. The zero-order valence-corrected chi connectivity index (χ0v) is 17.1. The highest BCUT2D eigenvalue weighted by Gasteiger charge is 2.24. The topological polar surface area (TPSA) is 108 Å². The summed E-state index contributed by atoms with van der Waals surface area (Å²) < 4.78 is 15.7. The molecule has 0 saturated carbocycles. The minimum atomic E-state index is -0.902. The van der Waals surface area contributed by atoms with Gasteiger partial charge in [0.05, 0.1) is 29.7 Å². The van der Waals surface area contributed by atoms with Crippen LogP contribution in [0.3, 0.4) is 0 Å². The predicted molar refractivity (Wildman–Crippen MR) is 107 cm³/mol. The number of hydrogen-bond donors (Lipinski definition) is 0. The van der Waals surface area contributed by atoms with Gasteiger partial charge in [-0.05, 0) is 35.7 Å². The number of nitro groups is 1. The number of non-ortho nitro benzene ring substituents is 1. The largest absolute Gasteiger partial charge is 0.493 e. The zero-order valence-electron chi connectivity index (χ0n) is 16.3. The fourth-order valence-electron chi connectivity index (χ4n) is 3.18. The second kappa shape index (κ2) is 9.00. The summed E-state index contributed by atoms with van der Waals surface area (Å²) in [5.41, 5.74) is 1.51. The summed E-state index contributed by atoms with van der Waals surface area (Å²) in [6.07, 6.45) is 0.617. The van der Waals surface area contributed by atoms with Gasteiger partial charge in [0, 0.05) is 25.2 Å². The van der Waals surface area contributed by atoms with E-state index < -0.39 is 17.5 Å². The molecule has 0 aliphatic carbocycles. The number of fused-ring (bicyclic) bond motifs is 1. The van der Waals surface area contributed by atoms with Crippen molar-refractivity contribution >= 4 is 29.2 Å². The van der Waals surface area contributed by atoms with Crippen molar-refractivity contribution in [3.05, 3.63) is 62.2 Å². The molecule has 30 heavy (non-hydrogen) atoms. The van der Waals surface area contributed by atoms with Crippen molar-refractivity contribution < 1.29 is 28.7 Å². The molecule has 1 aliphatic rings. The van der Waals surface area contributed by atoms with Gasteiger partial charge in [-0.1, -0.05) is 11.6 Å². The molecule has 2 aromatic rings. The summed E-state index contributed by atoms with van der Waals surface area (Å²) in [6.45, 7) is 0.292. The Bertz CT molecular complexity index is 1010. The highest BCUT2D eigenvalue weighted by atomic mass is 35.5. The van der Waals surface area contributed by atoms with Crippen molar-refractivity contribution in [2.45, 2.75) is 13.0 Å². The predicted octanol–water partition coefficient (Wildman–Crippen LogP) is 3.01. The third-order valence-corrected chi connectivity index (χ3v) is 5.11. The van der Waals surface area contributed by atoms with E-state index in [9.17, 15) is 19.7 Å². The lowest BCUT2D eigenvalue weighted by molar-refractivity contribution is -0.384. The zero-order chi connectivity index (χ0) is 21.8. The third-order valence-electron chi connectivity index (χ3n) is 4.78. The van der Waals surface area contributed by atoms with Crippen LogP contribution in [-0.4, -0.2) is 49.1 Å². The average molecular weight is 435 g/mol. The molecule has 0 saturated heterocycles. The molecule has 3 rings (SSSR count). The van der Waals surface area contributed by atoms with Gasteiger partial charge < -0.3 is 19.1 Å². The molecule has 0 N–H and O–H groups in total. The first-order valence-electron chi connectivity index (χ1n) is 8.96. The average Bonchev–Trinajstić information content (AvgIpc) is 2.75. The van der Waals surface area contributed by atoms with Crippen LogP contribution in [0.2, 0.25) is 5.02 Å². The highest BCUT2D eigenvalue weighted by molar-refractivity contribution is 6.33. The molecule has 0 spiro atoms. The summed E-state index contributed by atoms with van der Waals surface area (Å²) in [5, 5.41) is 10.9. The molecule has 158 valence electrons. The number of nitro benzene ring substituents is 1. The Kier molecular flexibility index (Phi) is 6.41. The van der Waals surface area contributed by atoms with Gasteiger partial charge in [-0.2, -0.15) is 0 Å². The van der Waals surface area contributed by atoms with E-state index in [0.29, 0.717) is 31.0 Å². The van der Waals surface area contributed by atoms with Crippen LogP contribution in [0.25, 0.3) is 0 Å². The lowest BCUT2D eigenvalue weighted by Crippen LogP contribution is -2.38. The summed E-state index contributed by atoms with van der Waals surface area (Å²) in [7, 11) is 3.10. The maximum atomic E-state index is 12.5. The van der Waals surface area contributed by atoms with E-state index in [1.54, 1.807) is 12.0 Å². The van der Waals surface area contributed by atoms with Gasteiger partial charge in [-0.25, -0.2) is 4.79 Å². The fraction of sp³-hybridized carbons (Fsp3) is 0.300. The number of ether oxygens (including phenoxy) is 3. The molecule has 0 bridgehead atoms. The summed E-state index contributed by atoms with van der Waals surface area (Å²) >= 11 is 5.93. The molecule has 0 atom stereocenters. The molecule has 10 heteroatoms. The Morgan fingerprint density at radius 3 is 2.43 bits per heavy atom. The van der Waals surface area contributed by atoms with Crippen LogP contribution in [0.5, 0.6) is 11.5 Å². The van der Waals surface area contributed by atoms with E-state index in [0.717, 1.165) is 17.2 Å². The Labute approximate surface area is 177 Å². The van der Waals surface area contributed by atoms with Gasteiger partial charge in [0.1, 0.15) is 0 Å². The SMILES string of the molecule is COc1cc2c(cc1OC)CN(C(=O)COC(=O)c1cc([N+](=O)[O-])ccc1Cl)CC2. The van der Waals surface area contributed by atoms with Crippen LogP contribution in [0.4, 0.5) is 5.69 Å². The van der Waals surface area contributed by atoms with Crippen LogP contribution in [0.15, 0.2) is 30.3 Å².